The van der Waals surface area contributed by atoms with Gasteiger partial charge in [0, 0.05) is 17.5 Å². The molecule has 0 aliphatic carbocycles. The summed E-state index contributed by atoms with van der Waals surface area (Å²) in [6.45, 7) is 0.377. The lowest BCUT2D eigenvalue weighted by molar-refractivity contribution is -0.115. The molecule has 0 aromatic heterocycles. The summed E-state index contributed by atoms with van der Waals surface area (Å²) >= 11 is 0. The van der Waals surface area contributed by atoms with Gasteiger partial charge in [0.1, 0.15) is 11.3 Å². The number of carboxylic acid groups (broad SMARTS) is 1. The summed E-state index contributed by atoms with van der Waals surface area (Å²) in [5.74, 6) is -1.69. The second-order valence-electron chi connectivity index (χ2n) is 3.55. The fourth-order valence-corrected chi connectivity index (χ4v) is 1.49. The van der Waals surface area contributed by atoms with E-state index in [0.717, 1.165) is 0 Å². The van der Waals surface area contributed by atoms with Gasteiger partial charge < -0.3 is 20.8 Å². The van der Waals surface area contributed by atoms with E-state index in [4.69, 9.17) is 5.11 Å². The summed E-state index contributed by atoms with van der Waals surface area (Å²) in [5, 5.41) is 23.6. The van der Waals surface area contributed by atoms with Gasteiger partial charge in [0.2, 0.25) is 5.91 Å². The van der Waals surface area contributed by atoms with E-state index in [1.807, 2.05) is 0 Å². The van der Waals surface area contributed by atoms with Crippen LogP contribution in [-0.2, 0) is 4.79 Å². The first kappa shape index (κ1) is 11.0. The first-order valence-electron chi connectivity index (χ1n) is 4.88. The van der Waals surface area contributed by atoms with Gasteiger partial charge in [0.15, 0.2) is 0 Å². The van der Waals surface area contributed by atoms with Crippen LogP contribution < -0.4 is 10.6 Å². The third kappa shape index (κ3) is 2.36. The molecule has 6 nitrogen and oxygen atoms in total. The Morgan fingerprint density at radius 1 is 1.41 bits per heavy atom. The Balaban J connectivity index is 2.22. The highest BCUT2D eigenvalue weighted by molar-refractivity contribution is 5.93. The van der Waals surface area contributed by atoms with Gasteiger partial charge in [0.05, 0.1) is 6.54 Å². The minimum Gasteiger partial charge on any atom is -0.507 e. The lowest BCUT2D eigenvalue weighted by Crippen LogP contribution is -2.16. The number of phenols is 1. The Kier molecular flexibility index (Phi) is 2.70. The molecule has 0 unspecified atom stereocenters. The number of nitrogens with one attached hydrogen (secondary N) is 2. The molecule has 0 radical (unpaired) electrons. The number of amides is 1. The minimum atomic E-state index is -1.21. The third-order valence-corrected chi connectivity index (χ3v) is 2.29. The standard InChI is InChI=1S/C11H10N2O4/c14-9-2-1-6(3-8(9)11(16)17)13-7-4-10(15)12-5-7/h1-4,13-14H,5H2,(H,12,15)(H,16,17). The first-order chi connectivity index (χ1) is 8.06. The number of benzene rings is 1. The molecule has 0 bridgehead atoms. The molecule has 1 aromatic rings. The van der Waals surface area contributed by atoms with Gasteiger partial charge in [-0.2, -0.15) is 0 Å². The molecule has 0 fully saturated rings. The number of carboxylic acids is 1. The molecule has 1 heterocycles. The fourth-order valence-electron chi connectivity index (χ4n) is 1.49. The number of hydrogen-bond acceptors (Lipinski definition) is 4. The predicted molar refractivity (Wildman–Crippen MR) is 59.8 cm³/mol. The number of carbonyl (C=O) groups excluding carboxylic acids is 1. The number of rotatable bonds is 3. The molecule has 0 spiro atoms. The molecule has 17 heavy (non-hydrogen) atoms. The van der Waals surface area contributed by atoms with Gasteiger partial charge in [-0.1, -0.05) is 0 Å². The maximum atomic E-state index is 10.9. The van der Waals surface area contributed by atoms with Crippen molar-refractivity contribution in [2.45, 2.75) is 0 Å². The zero-order valence-corrected chi connectivity index (χ0v) is 8.73. The summed E-state index contributed by atoms with van der Waals surface area (Å²) in [7, 11) is 0. The Morgan fingerprint density at radius 3 is 2.76 bits per heavy atom. The SMILES string of the molecule is O=C1C=C(Nc2ccc(O)c(C(=O)O)c2)CN1. The maximum absolute atomic E-state index is 10.9. The molecule has 1 aliphatic heterocycles. The van der Waals surface area contributed by atoms with Crippen LogP contribution in [0.25, 0.3) is 0 Å². The number of hydrogen-bond donors (Lipinski definition) is 4. The zero-order chi connectivity index (χ0) is 12.4. The van der Waals surface area contributed by atoms with Crippen molar-refractivity contribution >= 4 is 17.6 Å². The van der Waals surface area contributed by atoms with E-state index in [1.165, 1.54) is 24.3 Å². The van der Waals surface area contributed by atoms with Gasteiger partial charge in [0.25, 0.3) is 0 Å². The molecule has 4 N–H and O–H groups in total. The summed E-state index contributed by atoms with van der Waals surface area (Å²) in [5.41, 5.74) is 0.966. The van der Waals surface area contributed by atoms with Crippen LogP contribution in [0.15, 0.2) is 30.0 Å². The number of anilines is 1. The van der Waals surface area contributed by atoms with Crippen molar-refractivity contribution in [1.29, 1.82) is 0 Å². The summed E-state index contributed by atoms with van der Waals surface area (Å²) < 4.78 is 0. The summed E-state index contributed by atoms with van der Waals surface area (Å²) in [6, 6.07) is 4.13. The minimum absolute atomic E-state index is 0.187. The van der Waals surface area contributed by atoms with Crippen molar-refractivity contribution in [3.8, 4) is 5.75 Å². The van der Waals surface area contributed by atoms with Crippen molar-refractivity contribution < 1.29 is 19.8 Å². The molecule has 0 saturated carbocycles. The van der Waals surface area contributed by atoms with Crippen molar-refractivity contribution in [2.75, 3.05) is 11.9 Å². The van der Waals surface area contributed by atoms with E-state index in [1.54, 1.807) is 0 Å². The van der Waals surface area contributed by atoms with Crippen LogP contribution in [0, 0.1) is 0 Å². The Bertz CT molecular complexity index is 522. The topological polar surface area (TPSA) is 98.7 Å². The summed E-state index contributed by atoms with van der Waals surface area (Å²) in [6.07, 6.45) is 1.40. The monoisotopic (exact) mass is 234 g/mol. The van der Waals surface area contributed by atoms with E-state index < -0.39 is 5.97 Å². The average Bonchev–Trinajstić information content (AvgIpc) is 2.66. The van der Waals surface area contributed by atoms with E-state index >= 15 is 0 Å². The van der Waals surface area contributed by atoms with Crippen molar-refractivity contribution in [3.05, 3.63) is 35.5 Å². The largest absolute Gasteiger partial charge is 0.507 e. The first-order valence-corrected chi connectivity index (χ1v) is 4.88. The van der Waals surface area contributed by atoms with Crippen LogP contribution in [0.2, 0.25) is 0 Å². The van der Waals surface area contributed by atoms with E-state index in [-0.39, 0.29) is 17.2 Å². The molecule has 88 valence electrons. The van der Waals surface area contributed by atoms with Gasteiger partial charge in [-0.3, -0.25) is 4.79 Å². The highest BCUT2D eigenvalue weighted by Gasteiger charge is 2.13. The highest BCUT2D eigenvalue weighted by atomic mass is 16.4. The number of aromatic carboxylic acids is 1. The Morgan fingerprint density at radius 2 is 2.18 bits per heavy atom. The molecule has 1 amide bonds. The van der Waals surface area contributed by atoms with E-state index in [9.17, 15) is 14.7 Å². The van der Waals surface area contributed by atoms with Gasteiger partial charge >= 0.3 is 5.97 Å². The molecule has 2 rings (SSSR count). The Hall–Kier alpha value is -2.50. The van der Waals surface area contributed by atoms with Crippen molar-refractivity contribution in [1.82, 2.24) is 5.32 Å². The average molecular weight is 234 g/mol. The lowest BCUT2D eigenvalue weighted by atomic mass is 10.1. The lowest BCUT2D eigenvalue weighted by Gasteiger charge is -2.08. The van der Waals surface area contributed by atoms with Crippen LogP contribution >= 0.6 is 0 Å². The van der Waals surface area contributed by atoms with Gasteiger partial charge in [-0.25, -0.2) is 4.79 Å². The van der Waals surface area contributed by atoms with Gasteiger partial charge in [-0.15, -0.1) is 0 Å². The molecule has 1 aromatic carbocycles. The quantitative estimate of drug-likeness (QED) is 0.571. The van der Waals surface area contributed by atoms with Crippen molar-refractivity contribution in [3.63, 3.8) is 0 Å². The maximum Gasteiger partial charge on any atom is 0.339 e. The van der Waals surface area contributed by atoms with Crippen LogP contribution in [0.3, 0.4) is 0 Å². The van der Waals surface area contributed by atoms with Gasteiger partial charge in [-0.05, 0) is 18.2 Å². The molecular weight excluding hydrogens is 224 g/mol. The fraction of sp³-hybridized carbons (Fsp3) is 0.0909. The second-order valence-corrected chi connectivity index (χ2v) is 3.55. The Labute approximate surface area is 96.6 Å². The van der Waals surface area contributed by atoms with Crippen LogP contribution in [0.4, 0.5) is 5.69 Å². The molecule has 0 atom stereocenters. The van der Waals surface area contributed by atoms with Crippen LogP contribution in [0.5, 0.6) is 5.75 Å². The smallest absolute Gasteiger partial charge is 0.339 e. The highest BCUT2D eigenvalue weighted by Crippen LogP contribution is 2.22. The van der Waals surface area contributed by atoms with E-state index in [2.05, 4.69) is 10.6 Å². The van der Waals surface area contributed by atoms with E-state index in [0.29, 0.717) is 17.9 Å². The van der Waals surface area contributed by atoms with Crippen molar-refractivity contribution in [2.24, 2.45) is 0 Å². The third-order valence-electron chi connectivity index (χ3n) is 2.29. The van der Waals surface area contributed by atoms with Crippen LogP contribution in [-0.4, -0.2) is 28.6 Å². The normalized spacial score (nSPS) is 14.1. The predicted octanol–water partition coefficient (Wildman–Crippen LogP) is 0.516. The molecule has 1 aliphatic rings. The van der Waals surface area contributed by atoms with Crippen LogP contribution in [0.1, 0.15) is 10.4 Å². The molecule has 6 heteroatoms. The molecular formula is C11H10N2O4. The zero-order valence-electron chi connectivity index (χ0n) is 8.73. The summed E-state index contributed by atoms with van der Waals surface area (Å²) in [4.78, 5) is 21.7. The number of aromatic hydroxyl groups is 1. The number of carbonyl (C=O) groups is 2. The second kappa shape index (κ2) is 4.17. The molecule has 0 saturated heterocycles.